The van der Waals surface area contributed by atoms with Crippen LogP contribution in [0.2, 0.25) is 0 Å². The second-order valence-corrected chi connectivity index (χ2v) is 2.54. The van der Waals surface area contributed by atoms with E-state index >= 15 is 0 Å². The van der Waals surface area contributed by atoms with Crippen LogP contribution < -0.4 is 0 Å². The molecule has 0 spiro atoms. The fourth-order valence-electron chi connectivity index (χ4n) is 1.09. The first-order valence-corrected chi connectivity index (χ1v) is 3.92. The number of methoxy groups -OCH3 is 1. The Balaban J connectivity index is 2.73. The number of ether oxygens (including phenoxy) is 1. The maximum absolute atomic E-state index is 4.95. The van der Waals surface area contributed by atoms with Crippen molar-refractivity contribution in [3.8, 4) is 0 Å². The lowest BCUT2D eigenvalue weighted by Crippen LogP contribution is -1.96. The smallest absolute Gasteiger partial charge is 0.199 e. The lowest BCUT2D eigenvalue weighted by molar-refractivity contribution is 0.262. The Kier molecular flexibility index (Phi) is 3.42. The molecule has 1 nitrogen and oxygen atoms in total. The zero-order chi connectivity index (χ0) is 8.81. The van der Waals surface area contributed by atoms with Crippen LogP contribution in [0.4, 0.5) is 0 Å². The highest BCUT2D eigenvalue weighted by Crippen LogP contribution is 2.19. The first-order valence-electron chi connectivity index (χ1n) is 3.92. The summed E-state index contributed by atoms with van der Waals surface area (Å²) in [7, 11) is 1.65. The van der Waals surface area contributed by atoms with Crippen molar-refractivity contribution >= 4 is 0 Å². The zero-order valence-electron chi connectivity index (χ0n) is 7.23. The molecular formula is C11H13O+. The predicted octanol–water partition coefficient (Wildman–Crippen LogP) is 2.76. The van der Waals surface area contributed by atoms with E-state index in [0.29, 0.717) is 0 Å². The van der Waals surface area contributed by atoms with Crippen molar-refractivity contribution in [3.05, 3.63) is 55.2 Å². The summed E-state index contributed by atoms with van der Waals surface area (Å²) in [5.41, 5.74) is 1.20. The van der Waals surface area contributed by atoms with Gasteiger partial charge in [-0.15, -0.1) is 0 Å². The Morgan fingerprint density at radius 2 is 2.08 bits per heavy atom. The van der Waals surface area contributed by atoms with E-state index in [9.17, 15) is 0 Å². The summed E-state index contributed by atoms with van der Waals surface area (Å²) < 4.78 is 4.95. The van der Waals surface area contributed by atoms with Crippen molar-refractivity contribution in [1.82, 2.24) is 0 Å². The Morgan fingerprint density at radius 1 is 1.42 bits per heavy atom. The molecule has 0 aromatic heterocycles. The van der Waals surface area contributed by atoms with E-state index in [1.807, 2.05) is 24.3 Å². The zero-order valence-corrected chi connectivity index (χ0v) is 7.23. The van der Waals surface area contributed by atoms with Crippen LogP contribution in [0.5, 0.6) is 0 Å². The second kappa shape index (κ2) is 4.62. The molecule has 0 radical (unpaired) electrons. The third kappa shape index (κ3) is 2.14. The lowest BCUT2D eigenvalue weighted by atomic mass is 10.0. The summed E-state index contributed by atoms with van der Waals surface area (Å²) in [6, 6.07) is 10.1. The van der Waals surface area contributed by atoms with Crippen LogP contribution in [0.25, 0.3) is 0 Å². The molecule has 12 heavy (non-hydrogen) atoms. The molecule has 0 N–H and O–H groups in total. The summed E-state index contributed by atoms with van der Waals surface area (Å²) in [4.78, 5) is 0. The molecule has 62 valence electrons. The van der Waals surface area contributed by atoms with E-state index in [0.717, 1.165) is 0 Å². The maximum Gasteiger partial charge on any atom is 0.238 e. The number of hydrogen-bond acceptors (Lipinski definition) is 1. The minimum Gasteiger partial charge on any atom is -0.199 e. The van der Waals surface area contributed by atoms with Gasteiger partial charge in [0.05, 0.1) is 7.11 Å². The summed E-state index contributed by atoms with van der Waals surface area (Å²) in [5, 5.41) is 0. The second-order valence-electron chi connectivity index (χ2n) is 2.54. The van der Waals surface area contributed by atoms with Crippen molar-refractivity contribution in [2.24, 2.45) is 0 Å². The molecule has 0 amide bonds. The largest absolute Gasteiger partial charge is 0.238 e. The molecule has 1 unspecified atom stereocenters. The molecule has 0 saturated carbocycles. The molecule has 0 fully saturated rings. The van der Waals surface area contributed by atoms with Gasteiger partial charge >= 0.3 is 0 Å². The minimum absolute atomic E-state index is 0.191. The van der Waals surface area contributed by atoms with Gasteiger partial charge in [0.1, 0.15) is 0 Å². The van der Waals surface area contributed by atoms with Gasteiger partial charge in [-0.1, -0.05) is 36.9 Å². The SMILES string of the molecule is C=CC([CH+]OC)c1ccccc1. The van der Waals surface area contributed by atoms with Gasteiger partial charge in [0.2, 0.25) is 6.61 Å². The molecule has 0 bridgehead atoms. The third-order valence-corrected chi connectivity index (χ3v) is 1.72. The molecule has 0 saturated heterocycles. The van der Waals surface area contributed by atoms with Gasteiger partial charge in [-0.2, -0.15) is 4.74 Å². The molecule has 1 heteroatoms. The highest BCUT2D eigenvalue weighted by Gasteiger charge is 2.15. The van der Waals surface area contributed by atoms with Crippen LogP contribution in [-0.2, 0) is 4.74 Å². The quantitative estimate of drug-likeness (QED) is 0.487. The van der Waals surface area contributed by atoms with E-state index in [1.165, 1.54) is 5.56 Å². The Bertz CT molecular complexity index is 228. The van der Waals surface area contributed by atoms with Crippen LogP contribution in [0.3, 0.4) is 0 Å². The standard InChI is InChI=1S/C11H13O/c1-3-10(9-12-2)11-7-5-4-6-8-11/h3-10H,1H2,2H3/q+1. The average molecular weight is 161 g/mol. The van der Waals surface area contributed by atoms with Gasteiger partial charge in [0.25, 0.3) is 0 Å². The predicted molar refractivity (Wildman–Crippen MR) is 50.7 cm³/mol. The van der Waals surface area contributed by atoms with Gasteiger partial charge in [-0.05, 0) is 6.08 Å². The summed E-state index contributed by atoms with van der Waals surface area (Å²) in [6.07, 6.45) is 1.86. The van der Waals surface area contributed by atoms with Gasteiger partial charge in [-0.3, -0.25) is 0 Å². The molecule has 1 aromatic carbocycles. The Morgan fingerprint density at radius 3 is 2.58 bits per heavy atom. The maximum atomic E-state index is 4.95. The topological polar surface area (TPSA) is 9.23 Å². The fraction of sp³-hybridized carbons (Fsp3) is 0.182. The Labute approximate surface area is 73.7 Å². The van der Waals surface area contributed by atoms with Crippen LogP contribution in [0.15, 0.2) is 43.0 Å². The molecule has 0 aliphatic carbocycles. The van der Waals surface area contributed by atoms with Crippen molar-refractivity contribution in [3.63, 3.8) is 0 Å². The third-order valence-electron chi connectivity index (χ3n) is 1.72. The van der Waals surface area contributed by atoms with E-state index in [2.05, 4.69) is 18.7 Å². The van der Waals surface area contributed by atoms with Gasteiger partial charge < -0.3 is 0 Å². The molecule has 1 atom stereocenters. The highest BCUT2D eigenvalue weighted by atomic mass is 16.5. The van der Waals surface area contributed by atoms with Crippen LogP contribution >= 0.6 is 0 Å². The monoisotopic (exact) mass is 161 g/mol. The number of rotatable bonds is 4. The lowest BCUT2D eigenvalue weighted by Gasteiger charge is -2.01. The molecular weight excluding hydrogens is 148 g/mol. The summed E-state index contributed by atoms with van der Waals surface area (Å²) >= 11 is 0. The van der Waals surface area contributed by atoms with Gasteiger partial charge in [0.15, 0.2) is 5.92 Å². The summed E-state index contributed by atoms with van der Waals surface area (Å²) in [6.45, 7) is 5.51. The molecule has 1 aromatic rings. The highest BCUT2D eigenvalue weighted by molar-refractivity contribution is 5.24. The van der Waals surface area contributed by atoms with Crippen LogP contribution in [-0.4, -0.2) is 7.11 Å². The first-order chi connectivity index (χ1) is 5.88. The van der Waals surface area contributed by atoms with Crippen LogP contribution in [0, 0.1) is 6.61 Å². The molecule has 0 aliphatic rings. The van der Waals surface area contributed by atoms with E-state index < -0.39 is 0 Å². The molecule has 1 rings (SSSR count). The van der Waals surface area contributed by atoms with Crippen molar-refractivity contribution < 1.29 is 4.74 Å². The van der Waals surface area contributed by atoms with E-state index in [1.54, 1.807) is 13.7 Å². The number of hydrogen-bond donors (Lipinski definition) is 0. The minimum atomic E-state index is 0.191. The van der Waals surface area contributed by atoms with E-state index in [4.69, 9.17) is 4.74 Å². The Hall–Kier alpha value is -1.21. The van der Waals surface area contributed by atoms with Gasteiger partial charge in [-0.25, -0.2) is 0 Å². The van der Waals surface area contributed by atoms with Crippen molar-refractivity contribution in [2.45, 2.75) is 5.92 Å². The van der Waals surface area contributed by atoms with Crippen molar-refractivity contribution in [1.29, 1.82) is 0 Å². The summed E-state index contributed by atoms with van der Waals surface area (Å²) in [5.74, 6) is 0.191. The molecule has 0 aliphatic heterocycles. The number of benzene rings is 1. The first kappa shape index (κ1) is 8.88. The molecule has 0 heterocycles. The van der Waals surface area contributed by atoms with Gasteiger partial charge in [0, 0.05) is 5.56 Å². The van der Waals surface area contributed by atoms with E-state index in [-0.39, 0.29) is 5.92 Å². The van der Waals surface area contributed by atoms with Crippen LogP contribution in [0.1, 0.15) is 11.5 Å². The average Bonchev–Trinajstić information content (AvgIpc) is 2.15. The normalized spacial score (nSPS) is 12.1. The van der Waals surface area contributed by atoms with Crippen molar-refractivity contribution in [2.75, 3.05) is 7.11 Å². The fourth-order valence-corrected chi connectivity index (χ4v) is 1.09.